The molecule has 0 spiro atoms. The van der Waals surface area contributed by atoms with Crippen LogP contribution in [0, 0.1) is 0 Å². The quantitative estimate of drug-likeness (QED) is 0.746. The van der Waals surface area contributed by atoms with Gasteiger partial charge in [0, 0.05) is 16.1 Å². The third-order valence-electron chi connectivity index (χ3n) is 1.66. The molecule has 2 aromatic rings. The number of aromatic hydroxyl groups is 1. The van der Waals surface area contributed by atoms with E-state index in [1.807, 2.05) is 12.1 Å². The van der Waals surface area contributed by atoms with Crippen LogP contribution >= 0.6 is 15.9 Å². The maximum atomic E-state index is 9.48. The Morgan fingerprint density at radius 2 is 2.17 bits per heavy atom. The second kappa shape index (κ2) is 2.75. The second-order valence-corrected chi connectivity index (χ2v) is 3.41. The minimum Gasteiger partial charge on any atom is -0.507 e. The lowest BCUT2D eigenvalue weighted by Gasteiger charge is -1.99. The van der Waals surface area contributed by atoms with Crippen molar-refractivity contribution in [3.63, 3.8) is 0 Å². The van der Waals surface area contributed by atoms with Crippen LogP contribution < -0.4 is 0 Å². The van der Waals surface area contributed by atoms with E-state index < -0.39 is 0 Å². The Morgan fingerprint density at radius 1 is 1.33 bits per heavy atom. The SMILES string of the molecule is Oc1cc(Br)cc2ncccc12. The molecule has 3 heteroatoms. The minimum absolute atomic E-state index is 0.257. The molecule has 0 unspecified atom stereocenters. The fraction of sp³-hybridized carbons (Fsp3) is 0. The van der Waals surface area contributed by atoms with E-state index in [0.717, 1.165) is 15.4 Å². The number of hydrogen-bond donors (Lipinski definition) is 1. The third kappa shape index (κ3) is 1.16. The lowest BCUT2D eigenvalue weighted by Crippen LogP contribution is -1.77. The van der Waals surface area contributed by atoms with Gasteiger partial charge in [0.25, 0.3) is 0 Å². The van der Waals surface area contributed by atoms with Crippen LogP contribution in [0.2, 0.25) is 0 Å². The van der Waals surface area contributed by atoms with Gasteiger partial charge in [-0.1, -0.05) is 15.9 Å². The van der Waals surface area contributed by atoms with E-state index in [9.17, 15) is 5.11 Å². The van der Waals surface area contributed by atoms with Crippen LogP contribution in [0.1, 0.15) is 0 Å². The highest BCUT2D eigenvalue weighted by molar-refractivity contribution is 9.10. The first-order valence-electron chi connectivity index (χ1n) is 3.50. The first kappa shape index (κ1) is 7.55. The van der Waals surface area contributed by atoms with Crippen molar-refractivity contribution in [3.8, 4) is 5.75 Å². The van der Waals surface area contributed by atoms with Gasteiger partial charge in [-0.3, -0.25) is 4.98 Å². The molecular formula is C9H6BrNO. The molecule has 0 aliphatic rings. The Labute approximate surface area is 78.0 Å². The molecule has 60 valence electrons. The summed E-state index contributed by atoms with van der Waals surface area (Å²) in [4.78, 5) is 4.11. The standard InChI is InChI=1S/C9H6BrNO/c10-6-4-8-7(9(12)5-6)2-1-3-11-8/h1-5,12H. The maximum Gasteiger partial charge on any atom is 0.126 e. The monoisotopic (exact) mass is 223 g/mol. The van der Waals surface area contributed by atoms with Crippen LogP contribution in [0.4, 0.5) is 0 Å². The summed E-state index contributed by atoms with van der Waals surface area (Å²) < 4.78 is 0.839. The van der Waals surface area contributed by atoms with E-state index in [1.54, 1.807) is 18.3 Å². The van der Waals surface area contributed by atoms with Crippen LogP contribution in [-0.2, 0) is 0 Å². The smallest absolute Gasteiger partial charge is 0.126 e. The summed E-state index contributed by atoms with van der Waals surface area (Å²) in [5.41, 5.74) is 0.796. The van der Waals surface area contributed by atoms with Gasteiger partial charge in [0.1, 0.15) is 5.75 Å². The Balaban J connectivity index is 2.89. The Hall–Kier alpha value is -1.09. The average Bonchev–Trinajstić information content (AvgIpc) is 2.04. The molecule has 1 aromatic carbocycles. The number of hydrogen-bond acceptors (Lipinski definition) is 2. The first-order valence-corrected chi connectivity index (χ1v) is 4.30. The molecule has 2 rings (SSSR count). The van der Waals surface area contributed by atoms with Crippen molar-refractivity contribution < 1.29 is 5.11 Å². The molecule has 0 amide bonds. The highest BCUT2D eigenvalue weighted by atomic mass is 79.9. The summed E-state index contributed by atoms with van der Waals surface area (Å²) in [6, 6.07) is 7.17. The van der Waals surface area contributed by atoms with Gasteiger partial charge in [-0.25, -0.2) is 0 Å². The van der Waals surface area contributed by atoms with Crippen LogP contribution in [0.5, 0.6) is 5.75 Å². The highest BCUT2D eigenvalue weighted by Crippen LogP contribution is 2.27. The molecule has 0 radical (unpaired) electrons. The molecule has 12 heavy (non-hydrogen) atoms. The number of halogens is 1. The fourth-order valence-electron chi connectivity index (χ4n) is 1.13. The number of aromatic nitrogens is 1. The van der Waals surface area contributed by atoms with Crippen molar-refractivity contribution in [2.75, 3.05) is 0 Å². The molecule has 1 N–H and O–H groups in total. The van der Waals surface area contributed by atoms with E-state index >= 15 is 0 Å². The van der Waals surface area contributed by atoms with Gasteiger partial charge in [-0.2, -0.15) is 0 Å². The fourth-order valence-corrected chi connectivity index (χ4v) is 1.56. The normalized spacial score (nSPS) is 10.4. The highest BCUT2D eigenvalue weighted by Gasteiger charge is 2.00. The van der Waals surface area contributed by atoms with Crippen LogP contribution in [0.3, 0.4) is 0 Å². The predicted octanol–water partition coefficient (Wildman–Crippen LogP) is 2.70. The molecule has 0 fully saturated rings. The van der Waals surface area contributed by atoms with Gasteiger partial charge >= 0.3 is 0 Å². The first-order chi connectivity index (χ1) is 5.77. The topological polar surface area (TPSA) is 33.1 Å². The predicted molar refractivity (Wildman–Crippen MR) is 51.1 cm³/mol. The van der Waals surface area contributed by atoms with E-state index in [0.29, 0.717) is 0 Å². The lowest BCUT2D eigenvalue weighted by molar-refractivity contribution is 0.481. The maximum absolute atomic E-state index is 9.48. The van der Waals surface area contributed by atoms with Gasteiger partial charge in [0.15, 0.2) is 0 Å². The van der Waals surface area contributed by atoms with E-state index in [4.69, 9.17) is 0 Å². The zero-order valence-electron chi connectivity index (χ0n) is 6.16. The summed E-state index contributed by atoms with van der Waals surface area (Å²) >= 11 is 3.28. The molecule has 0 aliphatic carbocycles. The molecule has 2 nitrogen and oxygen atoms in total. The number of pyridine rings is 1. The van der Waals surface area contributed by atoms with E-state index in [2.05, 4.69) is 20.9 Å². The van der Waals surface area contributed by atoms with Crippen molar-refractivity contribution in [2.45, 2.75) is 0 Å². The van der Waals surface area contributed by atoms with Crippen LogP contribution in [-0.4, -0.2) is 10.1 Å². The average molecular weight is 224 g/mol. The number of benzene rings is 1. The molecule has 1 aromatic heterocycles. The largest absolute Gasteiger partial charge is 0.507 e. The number of fused-ring (bicyclic) bond motifs is 1. The molecule has 0 bridgehead atoms. The van der Waals surface area contributed by atoms with Gasteiger partial charge in [0.2, 0.25) is 0 Å². The van der Waals surface area contributed by atoms with Gasteiger partial charge in [-0.05, 0) is 24.3 Å². The summed E-state index contributed by atoms with van der Waals surface area (Å²) in [6.07, 6.45) is 1.70. The zero-order chi connectivity index (χ0) is 8.55. The van der Waals surface area contributed by atoms with Gasteiger partial charge in [0.05, 0.1) is 5.52 Å². The minimum atomic E-state index is 0.257. The van der Waals surface area contributed by atoms with Crippen molar-refractivity contribution in [3.05, 3.63) is 34.9 Å². The molecular weight excluding hydrogens is 218 g/mol. The molecule has 0 aliphatic heterocycles. The summed E-state index contributed by atoms with van der Waals surface area (Å²) in [5, 5.41) is 10.3. The van der Waals surface area contributed by atoms with Crippen molar-refractivity contribution >= 4 is 26.8 Å². The van der Waals surface area contributed by atoms with Crippen molar-refractivity contribution in [2.24, 2.45) is 0 Å². The molecule has 1 heterocycles. The van der Waals surface area contributed by atoms with Gasteiger partial charge < -0.3 is 5.11 Å². The number of phenols is 1. The third-order valence-corrected chi connectivity index (χ3v) is 2.12. The molecule has 0 atom stereocenters. The summed E-state index contributed by atoms with van der Waals surface area (Å²) in [6.45, 7) is 0. The number of phenolic OH excluding ortho intramolecular Hbond substituents is 1. The van der Waals surface area contributed by atoms with Crippen LogP contribution in [0.15, 0.2) is 34.9 Å². The Kier molecular flexibility index (Phi) is 1.73. The summed E-state index contributed by atoms with van der Waals surface area (Å²) in [5.74, 6) is 0.257. The van der Waals surface area contributed by atoms with E-state index in [-0.39, 0.29) is 5.75 Å². The van der Waals surface area contributed by atoms with Crippen molar-refractivity contribution in [1.29, 1.82) is 0 Å². The molecule has 0 saturated heterocycles. The Morgan fingerprint density at radius 3 is 3.00 bits per heavy atom. The van der Waals surface area contributed by atoms with Gasteiger partial charge in [-0.15, -0.1) is 0 Å². The number of nitrogens with zero attached hydrogens (tertiary/aromatic N) is 1. The van der Waals surface area contributed by atoms with Crippen molar-refractivity contribution in [1.82, 2.24) is 4.98 Å². The number of rotatable bonds is 0. The summed E-state index contributed by atoms with van der Waals surface area (Å²) in [7, 11) is 0. The van der Waals surface area contributed by atoms with E-state index in [1.165, 1.54) is 0 Å². The zero-order valence-corrected chi connectivity index (χ0v) is 7.75. The Bertz CT molecular complexity index is 428. The second-order valence-electron chi connectivity index (χ2n) is 2.50. The van der Waals surface area contributed by atoms with Crippen LogP contribution in [0.25, 0.3) is 10.9 Å². The lowest BCUT2D eigenvalue weighted by atomic mass is 10.2. The molecule has 0 saturated carbocycles.